The molecule has 0 fully saturated rings. The number of hydrogen-bond acceptors (Lipinski definition) is 2. The molecule has 0 rings (SSSR count). The maximum atomic E-state index is 5.23. The summed E-state index contributed by atoms with van der Waals surface area (Å²) >= 11 is 0. The third kappa shape index (κ3) is 4.18. The van der Waals surface area contributed by atoms with Gasteiger partial charge >= 0.3 is 0 Å². The van der Waals surface area contributed by atoms with Crippen LogP contribution in [-0.2, 0) is 4.74 Å². The quantitative estimate of drug-likeness (QED) is 0.573. The molecule has 2 N–H and O–H groups in total. The topological polar surface area (TPSA) is 35.2 Å². The van der Waals surface area contributed by atoms with Gasteiger partial charge in [-0.3, -0.25) is 0 Å². The van der Waals surface area contributed by atoms with Crippen LogP contribution in [0.1, 0.15) is 13.8 Å². The van der Waals surface area contributed by atoms with E-state index >= 15 is 0 Å². The summed E-state index contributed by atoms with van der Waals surface area (Å²) in [4.78, 5) is 0. The van der Waals surface area contributed by atoms with Gasteiger partial charge in [-0.15, -0.1) is 0 Å². The van der Waals surface area contributed by atoms with Crippen LogP contribution < -0.4 is 5.73 Å². The molecule has 0 radical (unpaired) electrons. The molecule has 54 valence electrons. The minimum atomic E-state index is 0.147. The molecule has 9 heavy (non-hydrogen) atoms. The molecule has 0 bridgehead atoms. The Morgan fingerprint density at radius 2 is 2.33 bits per heavy atom. The Hall–Kier alpha value is -0.340. The van der Waals surface area contributed by atoms with Gasteiger partial charge in [0, 0.05) is 6.54 Å². The highest BCUT2D eigenvalue weighted by molar-refractivity contribution is 4.94. The second-order valence-corrected chi connectivity index (χ2v) is 2.15. The highest BCUT2D eigenvalue weighted by Crippen LogP contribution is 2.00. The van der Waals surface area contributed by atoms with Gasteiger partial charge in [-0.1, -0.05) is 12.2 Å². The zero-order chi connectivity index (χ0) is 7.28. The summed E-state index contributed by atoms with van der Waals surface area (Å²) in [6.45, 7) is 8.86. The molecular weight excluding hydrogens is 114 g/mol. The van der Waals surface area contributed by atoms with Crippen molar-refractivity contribution in [2.24, 2.45) is 5.73 Å². The van der Waals surface area contributed by atoms with Crippen LogP contribution in [0.3, 0.4) is 0 Å². The van der Waals surface area contributed by atoms with Crippen molar-refractivity contribution in [3.8, 4) is 0 Å². The predicted molar refractivity (Wildman–Crippen MR) is 39.3 cm³/mol. The molecule has 2 nitrogen and oxygen atoms in total. The molecule has 0 aliphatic heterocycles. The van der Waals surface area contributed by atoms with E-state index in [1.165, 1.54) is 0 Å². The molecule has 1 atom stereocenters. The first kappa shape index (κ1) is 8.66. The molecule has 0 aromatic rings. The summed E-state index contributed by atoms with van der Waals surface area (Å²) in [7, 11) is 0. The van der Waals surface area contributed by atoms with Gasteiger partial charge in [0.05, 0.1) is 12.7 Å². The molecule has 0 aromatic carbocycles. The summed E-state index contributed by atoms with van der Waals surface area (Å²) in [6.07, 6.45) is 0.147. The summed E-state index contributed by atoms with van der Waals surface area (Å²) in [5.41, 5.74) is 6.27. The van der Waals surface area contributed by atoms with Crippen LogP contribution in [0.15, 0.2) is 12.2 Å². The van der Waals surface area contributed by atoms with Crippen LogP contribution in [0.25, 0.3) is 0 Å². The van der Waals surface area contributed by atoms with E-state index in [1.807, 2.05) is 13.8 Å². The van der Waals surface area contributed by atoms with Gasteiger partial charge in [-0.25, -0.2) is 0 Å². The van der Waals surface area contributed by atoms with Crippen molar-refractivity contribution in [1.29, 1.82) is 0 Å². The normalized spacial score (nSPS) is 13.2. The lowest BCUT2D eigenvalue weighted by molar-refractivity contribution is 0.0966. The van der Waals surface area contributed by atoms with Gasteiger partial charge in [0.15, 0.2) is 0 Å². The Bertz CT molecular complexity index is 90.9. The Labute approximate surface area is 56.7 Å². The van der Waals surface area contributed by atoms with Crippen molar-refractivity contribution >= 4 is 0 Å². The van der Waals surface area contributed by atoms with Crippen LogP contribution in [0, 0.1) is 0 Å². The lowest BCUT2D eigenvalue weighted by atomic mass is 10.2. The molecule has 0 saturated heterocycles. The van der Waals surface area contributed by atoms with Gasteiger partial charge in [0.2, 0.25) is 0 Å². The second-order valence-electron chi connectivity index (χ2n) is 2.15. The van der Waals surface area contributed by atoms with E-state index in [9.17, 15) is 0 Å². The number of ether oxygens (including phenoxy) is 1. The van der Waals surface area contributed by atoms with Crippen LogP contribution >= 0.6 is 0 Å². The van der Waals surface area contributed by atoms with Crippen molar-refractivity contribution in [3.63, 3.8) is 0 Å². The maximum absolute atomic E-state index is 5.23. The minimum absolute atomic E-state index is 0.147. The second kappa shape index (κ2) is 4.53. The van der Waals surface area contributed by atoms with Crippen molar-refractivity contribution in [1.82, 2.24) is 0 Å². The first-order valence-electron chi connectivity index (χ1n) is 3.15. The fraction of sp³-hybridized carbons (Fsp3) is 0.714. The predicted octanol–water partition coefficient (Wildman–Crippen LogP) is 0.926. The highest BCUT2D eigenvalue weighted by atomic mass is 16.5. The van der Waals surface area contributed by atoms with E-state index in [0.29, 0.717) is 13.2 Å². The monoisotopic (exact) mass is 129 g/mol. The molecule has 0 unspecified atom stereocenters. The van der Waals surface area contributed by atoms with Crippen molar-refractivity contribution < 1.29 is 4.74 Å². The van der Waals surface area contributed by atoms with Gasteiger partial charge in [-0.05, 0) is 13.8 Å². The largest absolute Gasteiger partial charge is 0.373 e. The third-order valence-corrected chi connectivity index (χ3v) is 1.18. The number of rotatable bonds is 4. The standard InChI is InChI=1S/C7H15NO/c1-6(2)7(3)9-5-4-8/h7H,1,4-5,8H2,2-3H3/t7-/m0/s1. The van der Waals surface area contributed by atoms with Gasteiger partial charge in [0.25, 0.3) is 0 Å². The summed E-state index contributed by atoms with van der Waals surface area (Å²) in [6, 6.07) is 0. The molecule has 0 amide bonds. The van der Waals surface area contributed by atoms with E-state index in [4.69, 9.17) is 10.5 Å². The molecule has 0 saturated carbocycles. The zero-order valence-corrected chi connectivity index (χ0v) is 6.18. The zero-order valence-electron chi connectivity index (χ0n) is 6.18. The Kier molecular flexibility index (Phi) is 4.36. The number of hydrogen-bond donors (Lipinski definition) is 1. The van der Waals surface area contributed by atoms with Gasteiger partial charge in [-0.2, -0.15) is 0 Å². The molecule has 0 heterocycles. The van der Waals surface area contributed by atoms with Crippen molar-refractivity contribution in [2.75, 3.05) is 13.2 Å². The Balaban J connectivity index is 3.27. The summed E-state index contributed by atoms with van der Waals surface area (Å²) in [5.74, 6) is 0. The van der Waals surface area contributed by atoms with E-state index in [2.05, 4.69) is 6.58 Å². The van der Waals surface area contributed by atoms with E-state index in [1.54, 1.807) is 0 Å². The maximum Gasteiger partial charge on any atom is 0.0752 e. The van der Waals surface area contributed by atoms with E-state index < -0.39 is 0 Å². The Morgan fingerprint density at radius 1 is 1.78 bits per heavy atom. The van der Waals surface area contributed by atoms with Crippen molar-refractivity contribution in [3.05, 3.63) is 12.2 Å². The Morgan fingerprint density at radius 3 is 2.67 bits per heavy atom. The van der Waals surface area contributed by atoms with Crippen LogP contribution in [-0.4, -0.2) is 19.3 Å². The molecular formula is C7H15NO. The average Bonchev–Trinajstić information content (AvgIpc) is 1.82. The lowest BCUT2D eigenvalue weighted by Gasteiger charge is -2.10. The van der Waals surface area contributed by atoms with Crippen molar-refractivity contribution in [2.45, 2.75) is 20.0 Å². The first-order valence-corrected chi connectivity index (χ1v) is 3.15. The first-order chi connectivity index (χ1) is 4.18. The smallest absolute Gasteiger partial charge is 0.0752 e. The molecule has 0 aromatic heterocycles. The minimum Gasteiger partial charge on any atom is -0.373 e. The lowest BCUT2D eigenvalue weighted by Crippen LogP contribution is -2.15. The molecule has 2 heteroatoms. The highest BCUT2D eigenvalue weighted by Gasteiger charge is 1.98. The summed E-state index contributed by atoms with van der Waals surface area (Å²) < 4.78 is 5.23. The van der Waals surface area contributed by atoms with E-state index in [0.717, 1.165) is 5.57 Å². The fourth-order valence-corrected chi connectivity index (χ4v) is 0.387. The van der Waals surface area contributed by atoms with Crippen LogP contribution in [0.2, 0.25) is 0 Å². The summed E-state index contributed by atoms with van der Waals surface area (Å²) in [5, 5.41) is 0. The molecule has 0 aliphatic carbocycles. The van der Waals surface area contributed by atoms with E-state index in [-0.39, 0.29) is 6.10 Å². The number of nitrogens with two attached hydrogens (primary N) is 1. The third-order valence-electron chi connectivity index (χ3n) is 1.18. The molecule has 0 spiro atoms. The van der Waals surface area contributed by atoms with Crippen LogP contribution in [0.5, 0.6) is 0 Å². The SMILES string of the molecule is C=C(C)[C@H](C)OCCN. The van der Waals surface area contributed by atoms with Gasteiger partial charge < -0.3 is 10.5 Å². The van der Waals surface area contributed by atoms with Gasteiger partial charge in [0.1, 0.15) is 0 Å². The van der Waals surface area contributed by atoms with Crippen LogP contribution in [0.4, 0.5) is 0 Å². The molecule has 0 aliphatic rings. The average molecular weight is 129 g/mol. The fourth-order valence-electron chi connectivity index (χ4n) is 0.387.